The summed E-state index contributed by atoms with van der Waals surface area (Å²) in [4.78, 5) is 28.0. The topological polar surface area (TPSA) is 87.1 Å². The van der Waals surface area contributed by atoms with Gasteiger partial charge in [0, 0.05) is 11.3 Å². The quantitative estimate of drug-likeness (QED) is 0.252. The Morgan fingerprint density at radius 3 is 2.36 bits per heavy atom. The molecule has 2 N–H and O–H groups in total. The average molecular weight is 490 g/mol. The van der Waals surface area contributed by atoms with Crippen LogP contribution >= 0.6 is 0 Å². The van der Waals surface area contributed by atoms with Gasteiger partial charge in [0.1, 0.15) is 11.6 Å². The molecule has 0 saturated carbocycles. The second-order valence-electron chi connectivity index (χ2n) is 9.04. The number of anilines is 1. The van der Waals surface area contributed by atoms with Crippen LogP contribution in [0.2, 0.25) is 0 Å². The molecule has 0 aliphatic carbocycles. The first-order valence-corrected chi connectivity index (χ1v) is 11.8. The SMILES string of the molecule is CCOc1cc(C2/C(=C(/O)c3ccc(F)c(C)c3)C(=O)C(=O)N2c2ccc(C(C)C)cc2)ccc1O. The monoisotopic (exact) mass is 489 g/mol. The summed E-state index contributed by atoms with van der Waals surface area (Å²) in [6.07, 6.45) is 0. The maximum atomic E-state index is 13.9. The molecule has 1 heterocycles. The third kappa shape index (κ3) is 4.44. The van der Waals surface area contributed by atoms with Gasteiger partial charge in [-0.15, -0.1) is 0 Å². The molecular formula is C29H28FNO5. The molecule has 0 radical (unpaired) electrons. The molecule has 1 unspecified atom stereocenters. The van der Waals surface area contributed by atoms with Gasteiger partial charge in [-0.1, -0.05) is 32.0 Å². The van der Waals surface area contributed by atoms with Gasteiger partial charge in [-0.3, -0.25) is 14.5 Å². The number of aromatic hydroxyl groups is 1. The number of halogens is 1. The number of aryl methyl sites for hydroxylation is 1. The maximum Gasteiger partial charge on any atom is 0.300 e. The van der Waals surface area contributed by atoms with Crippen LogP contribution < -0.4 is 9.64 Å². The van der Waals surface area contributed by atoms with Gasteiger partial charge in [0.05, 0.1) is 18.2 Å². The van der Waals surface area contributed by atoms with Crippen LogP contribution in [0.3, 0.4) is 0 Å². The van der Waals surface area contributed by atoms with Crippen molar-refractivity contribution in [2.75, 3.05) is 11.5 Å². The van der Waals surface area contributed by atoms with Crippen LogP contribution in [-0.2, 0) is 9.59 Å². The molecule has 36 heavy (non-hydrogen) atoms. The van der Waals surface area contributed by atoms with Gasteiger partial charge in [0.2, 0.25) is 0 Å². The molecule has 1 saturated heterocycles. The van der Waals surface area contributed by atoms with E-state index in [0.29, 0.717) is 17.9 Å². The second-order valence-corrected chi connectivity index (χ2v) is 9.04. The normalized spacial score (nSPS) is 17.2. The van der Waals surface area contributed by atoms with Crippen LogP contribution in [0.15, 0.2) is 66.2 Å². The highest BCUT2D eigenvalue weighted by Crippen LogP contribution is 2.44. The summed E-state index contributed by atoms with van der Waals surface area (Å²) >= 11 is 0. The van der Waals surface area contributed by atoms with E-state index in [9.17, 15) is 24.2 Å². The fraction of sp³-hybridized carbons (Fsp3) is 0.241. The summed E-state index contributed by atoms with van der Waals surface area (Å²) in [5.41, 5.74) is 2.38. The number of hydrogen-bond acceptors (Lipinski definition) is 5. The van der Waals surface area contributed by atoms with Crippen LogP contribution in [0.25, 0.3) is 5.76 Å². The summed E-state index contributed by atoms with van der Waals surface area (Å²) in [6.45, 7) is 7.72. The van der Waals surface area contributed by atoms with Gasteiger partial charge in [-0.2, -0.15) is 0 Å². The van der Waals surface area contributed by atoms with Crippen molar-refractivity contribution in [3.8, 4) is 11.5 Å². The first-order chi connectivity index (χ1) is 17.1. The number of ether oxygens (including phenoxy) is 1. The van der Waals surface area contributed by atoms with Crippen LogP contribution in [-0.4, -0.2) is 28.5 Å². The smallest absolute Gasteiger partial charge is 0.300 e. The molecule has 1 fully saturated rings. The molecule has 7 heteroatoms. The predicted octanol–water partition coefficient (Wildman–Crippen LogP) is 5.99. The molecule has 1 aliphatic heterocycles. The fourth-order valence-corrected chi connectivity index (χ4v) is 4.35. The van der Waals surface area contributed by atoms with Crippen LogP contribution in [0, 0.1) is 12.7 Å². The first kappa shape index (κ1) is 25.0. The average Bonchev–Trinajstić information content (AvgIpc) is 3.12. The zero-order valence-corrected chi connectivity index (χ0v) is 20.6. The van der Waals surface area contributed by atoms with Crippen molar-refractivity contribution in [2.45, 2.75) is 39.7 Å². The number of phenols is 1. The number of carbonyl (C=O) groups excluding carboxylic acids is 2. The molecule has 1 aliphatic rings. The maximum absolute atomic E-state index is 13.9. The fourth-order valence-electron chi connectivity index (χ4n) is 4.35. The zero-order valence-electron chi connectivity index (χ0n) is 20.6. The lowest BCUT2D eigenvalue weighted by atomic mass is 9.94. The second kappa shape index (κ2) is 9.85. The number of rotatable bonds is 6. The number of amides is 1. The number of carbonyl (C=O) groups is 2. The minimum absolute atomic E-state index is 0.0898. The lowest BCUT2D eigenvalue weighted by Crippen LogP contribution is -2.29. The van der Waals surface area contributed by atoms with Crippen LogP contribution in [0.1, 0.15) is 55.0 Å². The number of aliphatic hydroxyl groups is 1. The van der Waals surface area contributed by atoms with E-state index in [4.69, 9.17) is 4.74 Å². The molecule has 0 bridgehead atoms. The van der Waals surface area contributed by atoms with Gasteiger partial charge in [0.25, 0.3) is 11.7 Å². The molecule has 6 nitrogen and oxygen atoms in total. The minimum Gasteiger partial charge on any atom is -0.507 e. The number of nitrogens with zero attached hydrogens (tertiary/aromatic N) is 1. The van der Waals surface area contributed by atoms with Gasteiger partial charge >= 0.3 is 0 Å². The largest absolute Gasteiger partial charge is 0.507 e. The number of Topliss-reactive ketones (excluding diaryl/α,β-unsaturated/α-hetero) is 1. The lowest BCUT2D eigenvalue weighted by molar-refractivity contribution is -0.132. The van der Waals surface area contributed by atoms with E-state index in [1.54, 1.807) is 38.1 Å². The highest BCUT2D eigenvalue weighted by Gasteiger charge is 2.47. The summed E-state index contributed by atoms with van der Waals surface area (Å²) in [5, 5.41) is 21.5. The molecule has 0 spiro atoms. The summed E-state index contributed by atoms with van der Waals surface area (Å²) in [6, 6.07) is 14.8. The predicted molar refractivity (Wildman–Crippen MR) is 136 cm³/mol. The Morgan fingerprint density at radius 2 is 1.75 bits per heavy atom. The standard InChI is InChI=1S/C29H28FNO5/c1-5-36-24-15-19(9-13-23(24)32)26-25(27(33)20-8-12-22(30)17(4)14-20)28(34)29(35)31(26)21-10-6-18(7-11-21)16(2)3/h6-16,26,32-33H,5H2,1-4H3/b27-25-. The van der Waals surface area contributed by atoms with Gasteiger partial charge in [0.15, 0.2) is 11.5 Å². The van der Waals surface area contributed by atoms with E-state index in [2.05, 4.69) is 13.8 Å². The highest BCUT2D eigenvalue weighted by atomic mass is 19.1. The van der Waals surface area contributed by atoms with E-state index in [1.807, 2.05) is 12.1 Å². The summed E-state index contributed by atoms with van der Waals surface area (Å²) in [5.74, 6) is -2.15. The first-order valence-electron chi connectivity index (χ1n) is 11.8. The zero-order chi connectivity index (χ0) is 26.1. The highest BCUT2D eigenvalue weighted by molar-refractivity contribution is 6.51. The Bertz CT molecular complexity index is 1360. The van der Waals surface area contributed by atoms with E-state index in [0.717, 1.165) is 5.56 Å². The lowest BCUT2D eigenvalue weighted by Gasteiger charge is -2.26. The molecule has 1 atom stereocenters. The van der Waals surface area contributed by atoms with Crippen molar-refractivity contribution in [3.63, 3.8) is 0 Å². The van der Waals surface area contributed by atoms with Crippen molar-refractivity contribution in [3.05, 3.63) is 94.3 Å². The van der Waals surface area contributed by atoms with Crippen LogP contribution in [0.5, 0.6) is 11.5 Å². The van der Waals surface area contributed by atoms with E-state index in [-0.39, 0.29) is 34.1 Å². The molecule has 4 rings (SSSR count). The van der Waals surface area contributed by atoms with Gasteiger partial charge < -0.3 is 14.9 Å². The Morgan fingerprint density at radius 1 is 1.06 bits per heavy atom. The summed E-state index contributed by atoms with van der Waals surface area (Å²) in [7, 11) is 0. The van der Waals surface area contributed by atoms with Crippen molar-refractivity contribution in [1.29, 1.82) is 0 Å². The van der Waals surface area contributed by atoms with E-state index < -0.39 is 29.3 Å². The Labute approximate surface area is 209 Å². The third-order valence-electron chi connectivity index (χ3n) is 6.31. The van der Waals surface area contributed by atoms with Crippen molar-refractivity contribution in [2.24, 2.45) is 0 Å². The molecule has 3 aromatic carbocycles. The number of ketones is 1. The van der Waals surface area contributed by atoms with Crippen molar-refractivity contribution in [1.82, 2.24) is 0 Å². The molecule has 0 aromatic heterocycles. The molecule has 186 valence electrons. The Kier molecular flexibility index (Phi) is 6.84. The Balaban J connectivity index is 1.94. The van der Waals surface area contributed by atoms with Crippen molar-refractivity contribution < 1.29 is 28.9 Å². The number of aliphatic hydroxyl groups excluding tert-OH is 1. The van der Waals surface area contributed by atoms with Gasteiger partial charge in [-0.25, -0.2) is 4.39 Å². The number of benzene rings is 3. The summed E-state index contributed by atoms with van der Waals surface area (Å²) < 4.78 is 19.4. The number of phenolic OH excluding ortho intramolecular Hbond substituents is 1. The minimum atomic E-state index is -1.000. The number of hydrogen-bond donors (Lipinski definition) is 2. The van der Waals surface area contributed by atoms with E-state index in [1.165, 1.54) is 29.2 Å². The van der Waals surface area contributed by atoms with Crippen LogP contribution in [0.4, 0.5) is 10.1 Å². The Hall–Kier alpha value is -4.13. The molecular weight excluding hydrogens is 461 g/mol. The van der Waals surface area contributed by atoms with Gasteiger partial charge in [-0.05, 0) is 78.9 Å². The molecule has 1 amide bonds. The van der Waals surface area contributed by atoms with E-state index >= 15 is 0 Å². The molecule has 3 aromatic rings. The van der Waals surface area contributed by atoms with Crippen molar-refractivity contribution >= 4 is 23.1 Å². The third-order valence-corrected chi connectivity index (χ3v) is 6.31.